The van der Waals surface area contributed by atoms with Crippen molar-refractivity contribution in [1.82, 2.24) is 9.97 Å². The Balaban J connectivity index is 2.13. The number of ether oxygens (including phenoxy) is 2. The molecule has 1 aromatic carbocycles. The summed E-state index contributed by atoms with van der Waals surface area (Å²) in [5.74, 6) is 2.05. The summed E-state index contributed by atoms with van der Waals surface area (Å²) < 4.78 is 10.7. The Morgan fingerprint density at radius 2 is 1.82 bits per heavy atom. The van der Waals surface area contributed by atoms with E-state index in [2.05, 4.69) is 15.3 Å². The maximum atomic E-state index is 9.15. The molecule has 1 heterocycles. The van der Waals surface area contributed by atoms with Crippen LogP contribution in [0, 0.1) is 11.3 Å². The molecule has 1 aliphatic rings. The Morgan fingerprint density at radius 1 is 1.14 bits per heavy atom. The molecule has 6 heteroatoms. The fourth-order valence-electron chi connectivity index (χ4n) is 2.88. The minimum absolute atomic E-state index is 0.153. The lowest BCUT2D eigenvalue weighted by molar-refractivity contribution is 0.356. The van der Waals surface area contributed by atoms with Gasteiger partial charge in [0.15, 0.2) is 11.5 Å². The number of nitriles is 1. The third kappa shape index (κ3) is 2.62. The average molecular weight is 298 g/mol. The number of aromatic nitrogens is 2. The van der Waals surface area contributed by atoms with Gasteiger partial charge < -0.3 is 14.8 Å². The van der Waals surface area contributed by atoms with Gasteiger partial charge in [-0.2, -0.15) is 5.26 Å². The predicted octanol–water partition coefficient (Wildman–Crippen LogP) is 2.87. The molecule has 2 aromatic rings. The monoisotopic (exact) mass is 298 g/mol. The molecule has 0 saturated heterocycles. The van der Waals surface area contributed by atoms with Crippen molar-refractivity contribution in [2.45, 2.75) is 31.7 Å². The van der Waals surface area contributed by atoms with Crippen molar-refractivity contribution in [1.29, 1.82) is 5.26 Å². The van der Waals surface area contributed by atoms with Crippen LogP contribution in [0.15, 0.2) is 12.1 Å². The van der Waals surface area contributed by atoms with E-state index in [0.29, 0.717) is 28.9 Å². The van der Waals surface area contributed by atoms with E-state index in [9.17, 15) is 0 Å². The summed E-state index contributed by atoms with van der Waals surface area (Å²) in [5, 5.41) is 13.4. The molecule has 0 atom stereocenters. The van der Waals surface area contributed by atoms with Gasteiger partial charge >= 0.3 is 0 Å². The van der Waals surface area contributed by atoms with Crippen LogP contribution in [0.5, 0.6) is 11.5 Å². The summed E-state index contributed by atoms with van der Waals surface area (Å²) in [5.41, 5.74) is 0.671. The molecule has 1 aliphatic carbocycles. The van der Waals surface area contributed by atoms with Crippen molar-refractivity contribution < 1.29 is 9.47 Å². The van der Waals surface area contributed by atoms with E-state index in [4.69, 9.17) is 14.7 Å². The van der Waals surface area contributed by atoms with Crippen LogP contribution in [0.4, 0.5) is 5.82 Å². The Kier molecular flexibility index (Phi) is 3.96. The minimum atomic E-state index is 0.153. The summed E-state index contributed by atoms with van der Waals surface area (Å²) in [4.78, 5) is 8.60. The number of benzene rings is 1. The lowest BCUT2D eigenvalue weighted by atomic mass is 10.2. The van der Waals surface area contributed by atoms with E-state index >= 15 is 0 Å². The highest BCUT2D eigenvalue weighted by Crippen LogP contribution is 2.35. The Bertz CT molecular complexity index is 733. The number of hydrogen-bond donors (Lipinski definition) is 1. The molecule has 0 amide bonds. The van der Waals surface area contributed by atoms with Crippen LogP contribution in [0.2, 0.25) is 0 Å². The topological polar surface area (TPSA) is 80.1 Å². The molecule has 1 aromatic heterocycles. The van der Waals surface area contributed by atoms with Crippen molar-refractivity contribution in [3.63, 3.8) is 0 Å². The van der Waals surface area contributed by atoms with Gasteiger partial charge in [0, 0.05) is 17.5 Å². The number of nitrogens with one attached hydrogen (secondary N) is 1. The summed E-state index contributed by atoms with van der Waals surface area (Å²) in [6, 6.07) is 6.04. The van der Waals surface area contributed by atoms with E-state index in [1.54, 1.807) is 20.3 Å². The number of hydrogen-bond acceptors (Lipinski definition) is 6. The number of anilines is 1. The molecule has 114 valence electrons. The standard InChI is InChI=1S/C16H18N4O2/c1-21-13-7-11-12(8-14(13)22-2)19-15(9-17)20-16(11)18-10-5-3-4-6-10/h7-8,10H,3-6H2,1-2H3,(H,18,19,20). The highest BCUT2D eigenvalue weighted by atomic mass is 16.5. The first-order valence-electron chi connectivity index (χ1n) is 7.35. The summed E-state index contributed by atoms with van der Waals surface area (Å²) in [6.45, 7) is 0. The van der Waals surface area contributed by atoms with Crippen LogP contribution >= 0.6 is 0 Å². The molecular formula is C16H18N4O2. The molecule has 1 N–H and O–H groups in total. The zero-order valence-corrected chi connectivity index (χ0v) is 12.7. The Labute approximate surface area is 129 Å². The molecule has 0 spiro atoms. The van der Waals surface area contributed by atoms with Crippen LogP contribution < -0.4 is 14.8 Å². The molecule has 6 nitrogen and oxygen atoms in total. The number of rotatable bonds is 4. The van der Waals surface area contributed by atoms with Gasteiger partial charge in [-0.05, 0) is 18.9 Å². The lowest BCUT2D eigenvalue weighted by Crippen LogP contribution is -2.16. The van der Waals surface area contributed by atoms with Crippen molar-refractivity contribution in [3.8, 4) is 17.6 Å². The van der Waals surface area contributed by atoms with Crippen molar-refractivity contribution in [2.24, 2.45) is 0 Å². The van der Waals surface area contributed by atoms with Gasteiger partial charge in [0.05, 0.1) is 19.7 Å². The zero-order valence-electron chi connectivity index (χ0n) is 12.7. The van der Waals surface area contributed by atoms with Gasteiger partial charge in [0.1, 0.15) is 11.9 Å². The summed E-state index contributed by atoms with van der Waals surface area (Å²) in [7, 11) is 3.17. The van der Waals surface area contributed by atoms with Crippen LogP contribution in [-0.4, -0.2) is 30.2 Å². The maximum Gasteiger partial charge on any atom is 0.234 e. The molecule has 0 aliphatic heterocycles. The SMILES string of the molecule is COc1cc2nc(C#N)nc(NC3CCCC3)c2cc1OC. The highest BCUT2D eigenvalue weighted by molar-refractivity contribution is 5.92. The van der Waals surface area contributed by atoms with Gasteiger partial charge in [-0.1, -0.05) is 12.8 Å². The van der Waals surface area contributed by atoms with Crippen LogP contribution in [0.3, 0.4) is 0 Å². The van der Waals surface area contributed by atoms with E-state index in [1.807, 2.05) is 12.1 Å². The second-order valence-electron chi connectivity index (χ2n) is 5.36. The molecule has 1 saturated carbocycles. The van der Waals surface area contributed by atoms with Gasteiger partial charge in [0.25, 0.3) is 0 Å². The fourth-order valence-corrected chi connectivity index (χ4v) is 2.88. The van der Waals surface area contributed by atoms with E-state index in [1.165, 1.54) is 12.8 Å². The number of methoxy groups -OCH3 is 2. The lowest BCUT2D eigenvalue weighted by Gasteiger charge is -2.16. The number of nitrogens with zero attached hydrogens (tertiary/aromatic N) is 3. The molecule has 0 radical (unpaired) electrons. The van der Waals surface area contributed by atoms with E-state index in [-0.39, 0.29) is 5.82 Å². The van der Waals surface area contributed by atoms with Crippen molar-refractivity contribution in [2.75, 3.05) is 19.5 Å². The van der Waals surface area contributed by atoms with Crippen molar-refractivity contribution >= 4 is 16.7 Å². The zero-order chi connectivity index (χ0) is 15.5. The molecule has 22 heavy (non-hydrogen) atoms. The van der Waals surface area contributed by atoms with E-state index in [0.717, 1.165) is 18.2 Å². The van der Waals surface area contributed by atoms with Gasteiger partial charge in [-0.25, -0.2) is 9.97 Å². The third-order valence-corrected chi connectivity index (χ3v) is 4.00. The molecule has 0 bridgehead atoms. The largest absolute Gasteiger partial charge is 0.493 e. The first-order valence-corrected chi connectivity index (χ1v) is 7.35. The van der Waals surface area contributed by atoms with Crippen molar-refractivity contribution in [3.05, 3.63) is 18.0 Å². The Morgan fingerprint density at radius 3 is 2.45 bits per heavy atom. The van der Waals surface area contributed by atoms with Crippen LogP contribution in [0.25, 0.3) is 10.9 Å². The van der Waals surface area contributed by atoms with Crippen LogP contribution in [0.1, 0.15) is 31.5 Å². The molecule has 0 unspecified atom stereocenters. The molecule has 3 rings (SSSR count). The quantitative estimate of drug-likeness (QED) is 0.935. The first kappa shape index (κ1) is 14.4. The highest BCUT2D eigenvalue weighted by Gasteiger charge is 2.18. The van der Waals surface area contributed by atoms with Gasteiger partial charge in [-0.15, -0.1) is 0 Å². The Hall–Kier alpha value is -2.55. The normalized spacial score (nSPS) is 14.8. The molecule has 1 fully saturated rings. The smallest absolute Gasteiger partial charge is 0.234 e. The van der Waals surface area contributed by atoms with Gasteiger partial charge in [0.2, 0.25) is 5.82 Å². The minimum Gasteiger partial charge on any atom is -0.493 e. The predicted molar refractivity (Wildman–Crippen MR) is 83.2 cm³/mol. The van der Waals surface area contributed by atoms with E-state index < -0.39 is 0 Å². The second-order valence-corrected chi connectivity index (χ2v) is 5.36. The fraction of sp³-hybridized carbons (Fsp3) is 0.438. The average Bonchev–Trinajstić information content (AvgIpc) is 3.06. The van der Waals surface area contributed by atoms with Gasteiger partial charge in [-0.3, -0.25) is 0 Å². The number of fused-ring (bicyclic) bond motifs is 1. The molecular weight excluding hydrogens is 280 g/mol. The van der Waals surface area contributed by atoms with Crippen LogP contribution in [-0.2, 0) is 0 Å². The summed E-state index contributed by atoms with van der Waals surface area (Å²) in [6.07, 6.45) is 4.70. The summed E-state index contributed by atoms with van der Waals surface area (Å²) >= 11 is 0. The maximum absolute atomic E-state index is 9.15. The second kappa shape index (κ2) is 6.06. The first-order chi connectivity index (χ1) is 10.7. The third-order valence-electron chi connectivity index (χ3n) is 4.00.